The second-order valence-corrected chi connectivity index (χ2v) is 16.3. The van der Waals surface area contributed by atoms with Crippen molar-refractivity contribution in [3.8, 4) is 11.1 Å². The predicted octanol–water partition coefficient (Wildman–Crippen LogP) is 8.19. The summed E-state index contributed by atoms with van der Waals surface area (Å²) < 4.78 is 105. The third-order valence-corrected chi connectivity index (χ3v) is 11.3. The number of hydrogen-bond acceptors (Lipinski definition) is 8. The average molecular weight is 821 g/mol. The Bertz CT molecular complexity index is 2560. The van der Waals surface area contributed by atoms with Gasteiger partial charge in [0.25, 0.3) is 5.92 Å². The smallest absolute Gasteiger partial charge is 0.389 e. The van der Waals surface area contributed by atoms with Crippen LogP contribution < -0.4 is 10.6 Å². The van der Waals surface area contributed by atoms with E-state index < -0.39 is 76.6 Å². The molecule has 8 rings (SSSR count). The highest BCUT2D eigenvalue weighted by Gasteiger charge is 2.68. The number of rotatable bonds is 10. The Kier molecular flexibility index (Phi) is 8.93. The first-order valence-electron chi connectivity index (χ1n) is 17.4. The van der Waals surface area contributed by atoms with E-state index in [0.717, 1.165) is 12.1 Å². The first-order valence-corrected chi connectivity index (χ1v) is 18.6. The van der Waals surface area contributed by atoms with Crippen LogP contribution in [0.25, 0.3) is 32.4 Å². The number of aliphatic hydroxyl groups is 1. The Hall–Kier alpha value is -4.81. The summed E-state index contributed by atoms with van der Waals surface area (Å²) in [6.07, 6.45) is -5.46. The van der Waals surface area contributed by atoms with E-state index in [1.807, 2.05) is 0 Å². The Morgan fingerprint density at radius 3 is 2.48 bits per heavy atom. The zero-order valence-corrected chi connectivity index (χ0v) is 31.6. The van der Waals surface area contributed by atoms with Gasteiger partial charge in [-0.05, 0) is 69.4 Å². The van der Waals surface area contributed by atoms with E-state index in [9.17, 15) is 31.9 Å². The van der Waals surface area contributed by atoms with Gasteiger partial charge in [-0.25, -0.2) is 18.7 Å². The number of nitrogens with zero attached hydrogens (tertiary/aromatic N) is 6. The number of pyridine rings is 1. The van der Waals surface area contributed by atoms with Gasteiger partial charge < -0.3 is 15.7 Å². The molecule has 19 heteroatoms. The van der Waals surface area contributed by atoms with E-state index in [0.29, 0.717) is 53.3 Å². The van der Waals surface area contributed by atoms with E-state index in [4.69, 9.17) is 16.6 Å². The van der Waals surface area contributed by atoms with Crippen molar-refractivity contribution in [3.05, 3.63) is 87.0 Å². The summed E-state index contributed by atoms with van der Waals surface area (Å²) in [5.74, 6) is -8.81. The van der Waals surface area contributed by atoms with Crippen LogP contribution in [0.15, 0.2) is 36.4 Å². The summed E-state index contributed by atoms with van der Waals surface area (Å²) in [6.45, 7) is 4.10. The number of halogens is 8. The molecule has 4 heterocycles. The lowest BCUT2D eigenvalue weighted by Crippen LogP contribution is -2.35. The second kappa shape index (κ2) is 13.1. The van der Waals surface area contributed by atoms with Crippen LogP contribution >= 0.6 is 22.9 Å². The highest BCUT2D eigenvalue weighted by atomic mass is 35.5. The number of carbonyl (C=O) groups excluding carboxylic acids is 1. The third kappa shape index (κ3) is 6.74. The number of aromatic nitrogens is 6. The van der Waals surface area contributed by atoms with Gasteiger partial charge in [-0.1, -0.05) is 29.0 Å². The minimum Gasteiger partial charge on any atom is -0.389 e. The van der Waals surface area contributed by atoms with Crippen LogP contribution in [-0.2, 0) is 36.9 Å². The van der Waals surface area contributed by atoms with E-state index in [1.165, 1.54) is 11.3 Å². The van der Waals surface area contributed by atoms with Crippen LogP contribution in [0.5, 0.6) is 0 Å². The summed E-state index contributed by atoms with van der Waals surface area (Å²) >= 11 is 7.85. The van der Waals surface area contributed by atoms with Crippen molar-refractivity contribution in [2.45, 2.75) is 69.8 Å². The number of benzene rings is 2. The maximum Gasteiger partial charge on any atom is 0.435 e. The molecule has 2 aliphatic rings. The molecule has 3 atom stereocenters. The molecule has 0 aliphatic heterocycles. The second-order valence-electron chi connectivity index (χ2n) is 14.9. The maximum absolute atomic E-state index is 15.4. The van der Waals surface area contributed by atoms with Gasteiger partial charge in [-0.2, -0.15) is 32.1 Å². The summed E-state index contributed by atoms with van der Waals surface area (Å²) in [7, 11) is 1.71. The van der Waals surface area contributed by atoms with Gasteiger partial charge in [-0.15, -0.1) is 0 Å². The Labute approximate surface area is 322 Å². The lowest BCUT2D eigenvalue weighted by molar-refractivity contribution is -0.142. The molecular weight excluding hydrogens is 789 g/mol. The number of fused-ring (bicyclic) bond motifs is 5. The van der Waals surface area contributed by atoms with Gasteiger partial charge in [0.1, 0.15) is 23.9 Å². The van der Waals surface area contributed by atoms with Crippen molar-refractivity contribution in [1.82, 2.24) is 34.8 Å². The van der Waals surface area contributed by atoms with Crippen molar-refractivity contribution in [2.24, 2.45) is 13.0 Å². The fourth-order valence-electron chi connectivity index (χ4n) is 7.66. The lowest BCUT2D eigenvalue weighted by atomic mass is 9.94. The van der Waals surface area contributed by atoms with Crippen molar-refractivity contribution < 1.29 is 40.6 Å². The third-order valence-electron chi connectivity index (χ3n) is 10.0. The first kappa shape index (κ1) is 38.1. The molecule has 2 aliphatic carbocycles. The van der Waals surface area contributed by atoms with Crippen LogP contribution in [0.2, 0.25) is 5.02 Å². The molecular formula is C37H32ClF7N8O2S. The first-order chi connectivity index (χ1) is 26.2. The van der Waals surface area contributed by atoms with E-state index in [2.05, 4.69) is 25.8 Å². The minimum atomic E-state index is -5.04. The van der Waals surface area contributed by atoms with Gasteiger partial charge in [0.05, 0.1) is 38.3 Å². The number of nitrogens with one attached hydrogen (secondary N) is 2. The molecule has 6 aromatic rings. The minimum absolute atomic E-state index is 0.0787. The molecule has 4 aromatic heterocycles. The number of hydrogen-bond donors (Lipinski definition) is 3. The molecule has 0 unspecified atom stereocenters. The van der Waals surface area contributed by atoms with E-state index in [1.54, 1.807) is 50.7 Å². The SMILES string of the molecule is Cc1nn(C)c2c(-c3cc4sc(NCC(C)(C)O)nc4nc3[C@H](Cc3cc(F)cc(F)c3)NC(=O)Cn3nc(C(F)(F)F)c4c3C(F)(F)[C@@H]3C[C@H]43)ccc(Cl)c12. The van der Waals surface area contributed by atoms with Crippen LogP contribution in [-0.4, -0.2) is 52.7 Å². The maximum atomic E-state index is 15.4. The zero-order chi connectivity index (χ0) is 40.2. The Balaban J connectivity index is 1.27. The highest BCUT2D eigenvalue weighted by molar-refractivity contribution is 7.22. The largest absolute Gasteiger partial charge is 0.435 e. The van der Waals surface area contributed by atoms with Gasteiger partial charge in [0.15, 0.2) is 16.5 Å². The number of alkyl halides is 5. The molecule has 1 saturated carbocycles. The molecule has 3 N–H and O–H groups in total. The molecule has 0 spiro atoms. The molecule has 294 valence electrons. The standard InChI is InChI=1S/C37H32ClF7N8O2S/c1-15-27-23(38)6-5-19(30(27)52(4)50-15)20-12-25-33(49-34(56-25)46-14-35(2,3)55)48-29(20)24(9-16-7-17(39)10-18(40)8-16)47-26(54)13-53-32-28(31(51-53)37(43,44)45)21-11-22(21)36(32,41)42/h5-8,10,12,21-22,24,55H,9,11,13-14H2,1-4H3,(H,47,54)(H,46,48,49)/t21-,22+,24-/m0/s1. The van der Waals surface area contributed by atoms with Crippen LogP contribution in [0.4, 0.5) is 35.9 Å². The fraction of sp³-hybridized carbons (Fsp3) is 0.378. The number of aryl methyl sites for hydroxylation is 2. The molecule has 0 radical (unpaired) electrons. The summed E-state index contributed by atoms with van der Waals surface area (Å²) in [4.78, 5) is 23.4. The van der Waals surface area contributed by atoms with Gasteiger partial charge in [0, 0.05) is 47.7 Å². The van der Waals surface area contributed by atoms with Crippen molar-refractivity contribution in [1.29, 1.82) is 0 Å². The van der Waals surface area contributed by atoms with E-state index in [-0.39, 0.29) is 36.3 Å². The molecule has 56 heavy (non-hydrogen) atoms. The molecule has 1 amide bonds. The Morgan fingerprint density at radius 1 is 1.09 bits per heavy atom. The normalized spacial score (nSPS) is 18.0. The summed E-state index contributed by atoms with van der Waals surface area (Å²) in [5, 5.41) is 25.5. The predicted molar refractivity (Wildman–Crippen MR) is 195 cm³/mol. The fourth-order valence-corrected chi connectivity index (χ4v) is 8.80. The van der Waals surface area contributed by atoms with Crippen molar-refractivity contribution in [3.63, 3.8) is 0 Å². The zero-order valence-electron chi connectivity index (χ0n) is 30.0. The quantitative estimate of drug-likeness (QED) is 0.119. The molecule has 10 nitrogen and oxygen atoms in total. The van der Waals surface area contributed by atoms with Crippen LogP contribution in [0.1, 0.15) is 66.1 Å². The number of carbonyl (C=O) groups is 1. The summed E-state index contributed by atoms with van der Waals surface area (Å²) in [6, 6.07) is 6.63. The molecule has 2 aromatic carbocycles. The topological polar surface area (TPSA) is 123 Å². The number of thiazole rings is 1. The van der Waals surface area contributed by atoms with Crippen molar-refractivity contribution in [2.75, 3.05) is 11.9 Å². The number of anilines is 1. The molecule has 0 saturated heterocycles. The lowest BCUT2D eigenvalue weighted by Gasteiger charge is -2.23. The molecule has 0 bridgehead atoms. The van der Waals surface area contributed by atoms with Gasteiger partial charge in [-0.3, -0.25) is 14.2 Å². The summed E-state index contributed by atoms with van der Waals surface area (Å²) in [5.41, 5.74) is -1.55. The van der Waals surface area contributed by atoms with Gasteiger partial charge in [0.2, 0.25) is 5.91 Å². The monoisotopic (exact) mass is 820 g/mol. The number of amides is 1. The molecule has 1 fully saturated rings. The van der Waals surface area contributed by atoms with Crippen LogP contribution in [0, 0.1) is 24.5 Å². The average Bonchev–Trinajstić information content (AvgIpc) is 3.36. The highest BCUT2D eigenvalue weighted by Crippen LogP contribution is 2.68. The van der Waals surface area contributed by atoms with Crippen molar-refractivity contribution >= 4 is 55.2 Å². The Morgan fingerprint density at radius 2 is 1.80 bits per heavy atom. The van der Waals surface area contributed by atoms with Gasteiger partial charge >= 0.3 is 6.18 Å². The van der Waals surface area contributed by atoms with Crippen LogP contribution in [0.3, 0.4) is 0 Å². The van der Waals surface area contributed by atoms with E-state index >= 15 is 8.78 Å².